The van der Waals surface area contributed by atoms with Crippen LogP contribution in [0.5, 0.6) is 0 Å². The number of hydrogen-bond acceptors (Lipinski definition) is 1. The molecular weight excluding hydrogens is 107 g/mol. The first kappa shape index (κ1) is 7.47. The van der Waals surface area contributed by atoms with Gasteiger partial charge in [0, 0.05) is 10.9 Å². The van der Waals surface area contributed by atoms with Gasteiger partial charge in [-0.15, -0.1) is 0 Å². The molecule has 0 amide bonds. The average molecular weight is 118 g/mol. The molecule has 0 fully saturated rings. The fourth-order valence-corrected chi connectivity index (χ4v) is 0.413. The quantitative estimate of drug-likeness (QED) is 0.515. The molecule has 0 aromatic carbocycles. The maximum atomic E-state index is 11.1. The molecule has 1 nitrogen and oxygen atoms in total. The van der Waals surface area contributed by atoms with Crippen molar-refractivity contribution >= 4 is 0 Å². The summed E-state index contributed by atoms with van der Waals surface area (Å²) in [6.45, 7) is 5.35. The Bertz CT molecular complexity index is 70.9. The van der Waals surface area contributed by atoms with E-state index in [0.717, 1.165) is 12.8 Å². The second-order valence-corrected chi connectivity index (χ2v) is 1.72. The second kappa shape index (κ2) is 4.62. The highest BCUT2D eigenvalue weighted by molar-refractivity contribution is 4.79. The molecule has 0 heterocycles. The maximum Gasteiger partial charge on any atom is 0.141 e. The molecule has 0 rings (SSSR count). The molecule has 0 aliphatic rings. The van der Waals surface area contributed by atoms with Gasteiger partial charge in [0.1, 0.15) is 5.76 Å². The lowest BCUT2D eigenvalue weighted by molar-refractivity contribution is -0.0863. The lowest BCUT2D eigenvalue weighted by Crippen LogP contribution is -1.79. The van der Waals surface area contributed by atoms with Crippen molar-refractivity contribution in [1.82, 2.24) is 0 Å². The maximum absolute atomic E-state index is 11.1. The van der Waals surface area contributed by atoms with E-state index in [4.69, 9.17) is 0 Å². The summed E-state index contributed by atoms with van der Waals surface area (Å²) < 4.78 is 11.1. The Kier molecular flexibility index (Phi) is 4.32. The molecule has 0 aromatic heterocycles. The van der Waals surface area contributed by atoms with E-state index in [2.05, 4.69) is 11.5 Å². The first-order valence-corrected chi connectivity index (χ1v) is 2.77. The van der Waals surface area contributed by atoms with Crippen molar-refractivity contribution in [2.24, 2.45) is 0 Å². The zero-order chi connectivity index (χ0) is 6.41. The molecule has 0 saturated heterocycles. The van der Waals surface area contributed by atoms with Crippen LogP contribution in [-0.2, 0) is 4.94 Å². The van der Waals surface area contributed by atoms with Crippen LogP contribution < -0.4 is 0 Å². The number of hydrogen-bond donors (Lipinski definition) is 0. The van der Waals surface area contributed by atoms with Crippen molar-refractivity contribution in [3.8, 4) is 0 Å². The third kappa shape index (κ3) is 3.65. The van der Waals surface area contributed by atoms with Crippen LogP contribution in [0.3, 0.4) is 0 Å². The molecule has 0 unspecified atom stereocenters. The zero-order valence-electron chi connectivity index (χ0n) is 5.11. The third-order valence-corrected chi connectivity index (χ3v) is 0.918. The van der Waals surface area contributed by atoms with Gasteiger partial charge in [0.2, 0.25) is 0 Å². The van der Waals surface area contributed by atoms with Gasteiger partial charge >= 0.3 is 0 Å². The second-order valence-electron chi connectivity index (χ2n) is 1.72. The van der Waals surface area contributed by atoms with Crippen LogP contribution in [0.1, 0.15) is 26.2 Å². The summed E-state index contributed by atoms with van der Waals surface area (Å²) in [5.74, 6) is 0.229. The fraction of sp³-hybridized carbons (Fsp3) is 0.667. The van der Waals surface area contributed by atoms with Crippen molar-refractivity contribution in [3.05, 3.63) is 12.3 Å². The first-order chi connectivity index (χ1) is 3.81. The largest absolute Gasteiger partial charge is 0.300 e. The van der Waals surface area contributed by atoms with E-state index >= 15 is 0 Å². The summed E-state index contributed by atoms with van der Waals surface area (Å²) in [7, 11) is 0. The molecule has 0 N–H and O–H groups in total. The predicted octanol–water partition coefficient (Wildman–Crippen LogP) is 2.59. The fourth-order valence-electron chi connectivity index (χ4n) is 0.413. The Morgan fingerprint density at radius 3 is 2.75 bits per heavy atom. The van der Waals surface area contributed by atoms with Crippen LogP contribution >= 0.6 is 0 Å². The van der Waals surface area contributed by atoms with E-state index in [9.17, 15) is 4.53 Å². The molecule has 0 spiro atoms. The molecule has 0 radical (unpaired) electrons. The van der Waals surface area contributed by atoms with Crippen molar-refractivity contribution in [2.75, 3.05) is 0 Å². The SMILES string of the molecule is C=C(CCCC)OF. The normalized spacial score (nSPS) is 8.75. The Morgan fingerprint density at radius 2 is 2.38 bits per heavy atom. The van der Waals surface area contributed by atoms with Crippen LogP contribution in [0, 0.1) is 0 Å². The Hall–Kier alpha value is -0.530. The summed E-state index contributed by atoms with van der Waals surface area (Å²) in [6.07, 6.45) is 2.62. The van der Waals surface area contributed by atoms with E-state index in [-0.39, 0.29) is 5.76 Å². The minimum Gasteiger partial charge on any atom is -0.300 e. The third-order valence-electron chi connectivity index (χ3n) is 0.918. The molecule has 0 atom stereocenters. The van der Waals surface area contributed by atoms with Gasteiger partial charge in [-0.2, -0.15) is 0 Å². The van der Waals surface area contributed by atoms with Crippen LogP contribution in [0.25, 0.3) is 0 Å². The first-order valence-electron chi connectivity index (χ1n) is 2.77. The lowest BCUT2D eigenvalue weighted by atomic mass is 10.2. The lowest BCUT2D eigenvalue weighted by Gasteiger charge is -1.94. The smallest absolute Gasteiger partial charge is 0.141 e. The Labute approximate surface area is 49.1 Å². The van der Waals surface area contributed by atoms with Gasteiger partial charge in [-0.25, -0.2) is 0 Å². The highest BCUT2D eigenvalue weighted by atomic mass is 19.3. The monoisotopic (exact) mass is 118 g/mol. The standard InChI is InChI=1S/C6H11FO/c1-3-4-5-6(2)8-7/h2-5H2,1H3. The van der Waals surface area contributed by atoms with E-state index in [1.807, 2.05) is 6.92 Å². The van der Waals surface area contributed by atoms with Crippen molar-refractivity contribution in [3.63, 3.8) is 0 Å². The zero-order valence-corrected chi connectivity index (χ0v) is 5.11. The van der Waals surface area contributed by atoms with Gasteiger partial charge in [-0.3, -0.25) is 4.94 Å². The summed E-state index contributed by atoms with van der Waals surface area (Å²) in [5, 5.41) is 0. The summed E-state index contributed by atoms with van der Waals surface area (Å²) in [6, 6.07) is 0. The molecule has 0 aromatic rings. The molecule has 0 bridgehead atoms. The van der Waals surface area contributed by atoms with Gasteiger partial charge in [-0.05, 0) is 6.42 Å². The van der Waals surface area contributed by atoms with E-state index in [1.54, 1.807) is 0 Å². The number of halogens is 1. The molecule has 2 heteroatoms. The number of rotatable bonds is 4. The molecule has 8 heavy (non-hydrogen) atoms. The van der Waals surface area contributed by atoms with E-state index in [0.29, 0.717) is 6.42 Å². The minimum atomic E-state index is 0.229. The number of unbranched alkanes of at least 4 members (excludes halogenated alkanes) is 1. The van der Waals surface area contributed by atoms with Gasteiger partial charge in [0.15, 0.2) is 0 Å². The highest BCUT2D eigenvalue weighted by Crippen LogP contribution is 2.05. The molecule has 0 aliphatic heterocycles. The van der Waals surface area contributed by atoms with Gasteiger partial charge in [-0.1, -0.05) is 19.9 Å². The van der Waals surface area contributed by atoms with Crippen LogP contribution in [0.15, 0.2) is 12.3 Å². The summed E-state index contributed by atoms with van der Waals surface area (Å²) >= 11 is 0. The van der Waals surface area contributed by atoms with Crippen molar-refractivity contribution in [2.45, 2.75) is 26.2 Å². The van der Waals surface area contributed by atoms with Crippen LogP contribution in [-0.4, -0.2) is 0 Å². The summed E-state index contributed by atoms with van der Waals surface area (Å²) in [4.78, 5) is 3.36. The molecule has 0 saturated carbocycles. The van der Waals surface area contributed by atoms with E-state index < -0.39 is 0 Å². The van der Waals surface area contributed by atoms with Gasteiger partial charge < -0.3 is 0 Å². The number of allylic oxidation sites excluding steroid dienone is 1. The average Bonchev–Trinajstić information content (AvgIpc) is 1.83. The van der Waals surface area contributed by atoms with Crippen LogP contribution in [0.4, 0.5) is 4.53 Å². The molecule has 0 aliphatic carbocycles. The topological polar surface area (TPSA) is 9.23 Å². The highest BCUT2D eigenvalue weighted by Gasteiger charge is 1.91. The predicted molar refractivity (Wildman–Crippen MR) is 30.9 cm³/mol. The summed E-state index contributed by atoms with van der Waals surface area (Å²) in [5.41, 5.74) is 0. The minimum absolute atomic E-state index is 0.229. The molecular formula is C6H11FO. The van der Waals surface area contributed by atoms with Gasteiger partial charge in [0.25, 0.3) is 0 Å². The Balaban J connectivity index is 2.99. The van der Waals surface area contributed by atoms with Crippen molar-refractivity contribution in [1.29, 1.82) is 0 Å². The van der Waals surface area contributed by atoms with Crippen LogP contribution in [0.2, 0.25) is 0 Å². The van der Waals surface area contributed by atoms with Gasteiger partial charge in [0.05, 0.1) is 0 Å². The molecule has 48 valence electrons. The van der Waals surface area contributed by atoms with E-state index in [1.165, 1.54) is 0 Å². The van der Waals surface area contributed by atoms with Crippen molar-refractivity contribution < 1.29 is 9.47 Å². The Morgan fingerprint density at radius 1 is 1.75 bits per heavy atom.